The van der Waals surface area contributed by atoms with E-state index in [0.717, 1.165) is 76.9 Å². The first kappa shape index (κ1) is 32.9. The lowest BCUT2D eigenvalue weighted by Gasteiger charge is -2.19. The van der Waals surface area contributed by atoms with Gasteiger partial charge in [-0.3, -0.25) is 0 Å². The van der Waals surface area contributed by atoms with Crippen LogP contribution >= 0.6 is 0 Å². The van der Waals surface area contributed by atoms with E-state index in [9.17, 15) is 0 Å². The smallest absolute Gasteiger partial charge is 0.224 e. The molecule has 4 heterocycles. The van der Waals surface area contributed by atoms with Crippen molar-refractivity contribution in [3.63, 3.8) is 0 Å². The Bertz CT molecular complexity index is 3520. The highest BCUT2D eigenvalue weighted by atomic mass is 16.3. The molecule has 274 valence electrons. The van der Waals surface area contributed by atoms with Gasteiger partial charge in [-0.1, -0.05) is 146 Å². The molecule has 0 bridgehead atoms. The molecular formula is C52H30N6O. The van der Waals surface area contributed by atoms with Crippen molar-refractivity contribution in [3.8, 4) is 45.5 Å². The minimum absolute atomic E-state index is 0.483. The van der Waals surface area contributed by atoms with Gasteiger partial charge in [0.15, 0.2) is 17.5 Å². The quantitative estimate of drug-likeness (QED) is 0.164. The molecule has 0 aliphatic rings. The van der Waals surface area contributed by atoms with Gasteiger partial charge in [0.25, 0.3) is 0 Å². The number of aromatic nitrogens is 5. The first-order chi connectivity index (χ1) is 29.2. The van der Waals surface area contributed by atoms with Gasteiger partial charge in [-0.25, -0.2) is 19.8 Å². The van der Waals surface area contributed by atoms with Crippen molar-refractivity contribution in [2.45, 2.75) is 0 Å². The Hall–Kier alpha value is -8.34. The van der Waals surface area contributed by atoms with E-state index in [4.69, 9.17) is 25.9 Å². The van der Waals surface area contributed by atoms with Crippen molar-refractivity contribution in [1.82, 2.24) is 24.1 Å². The van der Waals surface area contributed by atoms with Crippen LogP contribution < -0.4 is 0 Å². The molecule has 0 aliphatic carbocycles. The van der Waals surface area contributed by atoms with Crippen LogP contribution in [0.5, 0.6) is 0 Å². The van der Waals surface area contributed by atoms with Crippen LogP contribution in [0.2, 0.25) is 0 Å². The monoisotopic (exact) mass is 754 g/mol. The van der Waals surface area contributed by atoms with E-state index in [1.807, 2.05) is 78.9 Å². The lowest BCUT2D eigenvalue weighted by molar-refractivity contribution is 0.669. The largest absolute Gasteiger partial charge is 0.457 e. The Morgan fingerprint density at radius 1 is 0.441 bits per heavy atom. The number of para-hydroxylation sites is 5. The fourth-order valence-electron chi connectivity index (χ4n) is 8.87. The Kier molecular flexibility index (Phi) is 7.16. The second kappa shape index (κ2) is 12.8. The molecule has 7 nitrogen and oxygen atoms in total. The summed E-state index contributed by atoms with van der Waals surface area (Å²) < 4.78 is 11.6. The minimum Gasteiger partial charge on any atom is -0.457 e. The molecule has 0 radical (unpaired) electrons. The Labute approximate surface area is 337 Å². The maximum atomic E-state index is 9.04. The van der Waals surface area contributed by atoms with Crippen LogP contribution in [0, 0.1) is 6.57 Å². The second-order valence-corrected chi connectivity index (χ2v) is 14.6. The summed E-state index contributed by atoms with van der Waals surface area (Å²) in [6, 6.07) is 61.9. The van der Waals surface area contributed by atoms with E-state index in [1.165, 1.54) is 0 Å². The topological polar surface area (TPSA) is 66.0 Å². The number of furan rings is 1. The van der Waals surface area contributed by atoms with E-state index in [-0.39, 0.29) is 0 Å². The molecule has 0 N–H and O–H groups in total. The van der Waals surface area contributed by atoms with Crippen LogP contribution in [0.15, 0.2) is 186 Å². The summed E-state index contributed by atoms with van der Waals surface area (Å²) in [4.78, 5) is 19.5. The molecule has 0 spiro atoms. The van der Waals surface area contributed by atoms with Gasteiger partial charge in [-0.05, 0) is 30.3 Å². The first-order valence-electron chi connectivity index (χ1n) is 19.5. The molecule has 0 fully saturated rings. The third kappa shape index (κ3) is 4.90. The molecule has 0 amide bonds. The van der Waals surface area contributed by atoms with Crippen LogP contribution in [0.4, 0.5) is 5.69 Å². The summed E-state index contributed by atoms with van der Waals surface area (Å²) in [5.74, 6) is 1.61. The van der Waals surface area contributed by atoms with Crippen LogP contribution in [0.3, 0.4) is 0 Å². The fraction of sp³-hybridized carbons (Fsp3) is 0. The normalized spacial score (nSPS) is 11.7. The van der Waals surface area contributed by atoms with Gasteiger partial charge >= 0.3 is 0 Å². The zero-order valence-electron chi connectivity index (χ0n) is 31.4. The summed E-state index contributed by atoms with van der Waals surface area (Å²) in [5.41, 5.74) is 9.89. The number of hydrogen-bond donors (Lipinski definition) is 0. The molecule has 0 aliphatic heterocycles. The predicted octanol–water partition coefficient (Wildman–Crippen LogP) is 13.5. The molecule has 0 atom stereocenters. The maximum absolute atomic E-state index is 9.04. The zero-order chi connectivity index (χ0) is 39.0. The van der Waals surface area contributed by atoms with Crippen molar-refractivity contribution in [2.75, 3.05) is 0 Å². The van der Waals surface area contributed by atoms with Crippen molar-refractivity contribution in [2.24, 2.45) is 0 Å². The van der Waals surface area contributed by atoms with Crippen LogP contribution in [0.1, 0.15) is 0 Å². The van der Waals surface area contributed by atoms with Crippen LogP contribution in [0.25, 0.3) is 116 Å². The molecule has 12 rings (SSSR count). The molecule has 12 aromatic rings. The third-order valence-corrected chi connectivity index (χ3v) is 11.4. The third-order valence-electron chi connectivity index (χ3n) is 11.4. The summed E-state index contributed by atoms with van der Waals surface area (Å²) in [7, 11) is 0. The highest BCUT2D eigenvalue weighted by Crippen LogP contribution is 2.48. The Morgan fingerprint density at radius 3 is 1.39 bits per heavy atom. The van der Waals surface area contributed by atoms with Gasteiger partial charge < -0.3 is 13.6 Å². The number of fused-ring (bicyclic) bond motifs is 9. The van der Waals surface area contributed by atoms with Gasteiger partial charge in [0.2, 0.25) is 5.69 Å². The molecular weight excluding hydrogens is 725 g/mol. The number of rotatable bonds is 5. The lowest BCUT2D eigenvalue weighted by Crippen LogP contribution is -2.04. The van der Waals surface area contributed by atoms with Gasteiger partial charge in [-0.2, -0.15) is 0 Å². The van der Waals surface area contributed by atoms with Gasteiger partial charge in [0.05, 0.1) is 45.6 Å². The SMILES string of the molecule is [C-]#[N+]c1c(-n2c3ccccc3c3ccccc32)c(-n2c3ccccc3c3ccccc32)cc2oc3c(-c4nc(-c5ccccc5)nc(-c5ccccc5)n4)cccc3c12. The molecule has 7 heteroatoms. The van der Waals surface area contributed by atoms with E-state index in [2.05, 4.69) is 117 Å². The summed E-state index contributed by atoms with van der Waals surface area (Å²) >= 11 is 0. The highest BCUT2D eigenvalue weighted by molar-refractivity contribution is 6.20. The summed E-state index contributed by atoms with van der Waals surface area (Å²) in [6.45, 7) is 9.04. The van der Waals surface area contributed by atoms with E-state index in [0.29, 0.717) is 39.9 Å². The second-order valence-electron chi connectivity index (χ2n) is 14.6. The van der Waals surface area contributed by atoms with Crippen molar-refractivity contribution in [1.29, 1.82) is 0 Å². The maximum Gasteiger partial charge on any atom is 0.224 e. The van der Waals surface area contributed by atoms with Crippen molar-refractivity contribution < 1.29 is 4.42 Å². The minimum atomic E-state index is 0.483. The zero-order valence-corrected chi connectivity index (χ0v) is 31.4. The van der Waals surface area contributed by atoms with E-state index in [1.54, 1.807) is 0 Å². The lowest BCUT2D eigenvalue weighted by atomic mass is 10.0. The van der Waals surface area contributed by atoms with Crippen molar-refractivity contribution in [3.05, 3.63) is 193 Å². The summed E-state index contributed by atoms with van der Waals surface area (Å²) in [6.07, 6.45) is 0. The number of nitrogens with zero attached hydrogens (tertiary/aromatic N) is 6. The van der Waals surface area contributed by atoms with E-state index < -0.39 is 0 Å². The van der Waals surface area contributed by atoms with Crippen LogP contribution in [-0.4, -0.2) is 24.1 Å². The molecule has 59 heavy (non-hydrogen) atoms. The molecule has 0 saturated carbocycles. The summed E-state index contributed by atoms with van der Waals surface area (Å²) in [5, 5.41) is 6.03. The van der Waals surface area contributed by atoms with Gasteiger partial charge in [-0.15, -0.1) is 0 Å². The van der Waals surface area contributed by atoms with Crippen LogP contribution in [-0.2, 0) is 0 Å². The predicted molar refractivity (Wildman–Crippen MR) is 238 cm³/mol. The average molecular weight is 755 g/mol. The van der Waals surface area contributed by atoms with E-state index >= 15 is 0 Å². The van der Waals surface area contributed by atoms with Gasteiger partial charge in [0, 0.05) is 49.5 Å². The molecule has 4 aromatic heterocycles. The average Bonchev–Trinajstić information content (AvgIpc) is 3.96. The first-order valence-corrected chi connectivity index (χ1v) is 19.5. The molecule has 0 unspecified atom stereocenters. The number of hydrogen-bond acceptors (Lipinski definition) is 4. The fourth-order valence-corrected chi connectivity index (χ4v) is 8.87. The number of benzene rings is 8. The molecule has 0 saturated heterocycles. The van der Waals surface area contributed by atoms with Gasteiger partial charge in [0.1, 0.15) is 11.2 Å². The van der Waals surface area contributed by atoms with Crippen molar-refractivity contribution >= 4 is 71.2 Å². The molecule has 8 aromatic carbocycles. The highest BCUT2D eigenvalue weighted by Gasteiger charge is 2.27. The standard InChI is InChI=1S/C52H30N6O/c1-53-47-46-38-25-16-26-39(52-55-50(32-17-4-2-5-18-32)54-51(56-52)33-19-6-3-7-20-33)49(38)59-45(46)31-44(57-40-27-12-8-21-34(40)35-22-9-13-28-41(35)57)48(47)58-42-29-14-10-23-36(42)37-24-11-15-30-43(37)58/h2-31H. The Morgan fingerprint density at radius 2 is 0.881 bits per heavy atom. The Balaban J connectivity index is 1.22.